The number of hydrogen-bond donors (Lipinski definition) is 3. The Morgan fingerprint density at radius 3 is 2.00 bits per heavy atom. The summed E-state index contributed by atoms with van der Waals surface area (Å²) in [6.45, 7) is 0.103. The average Bonchev–Trinajstić information content (AvgIpc) is 2.67. The first kappa shape index (κ1) is 23.1. The molecule has 0 unspecified atom stereocenters. The minimum atomic E-state index is -1.13. The smallest absolute Gasteiger partial charge is 0.308 e. The molecular formula is C20H24ClN3O4. The maximum absolute atomic E-state index is 12.2. The quantitative estimate of drug-likeness (QED) is 0.538. The van der Waals surface area contributed by atoms with Gasteiger partial charge in [0.15, 0.2) is 0 Å². The Kier molecular flexibility index (Phi) is 9.70. The number of esters is 1. The molecule has 0 fully saturated rings. The van der Waals surface area contributed by atoms with Crippen LogP contribution >= 0.6 is 12.4 Å². The van der Waals surface area contributed by atoms with Gasteiger partial charge in [0.25, 0.3) is 0 Å². The predicted octanol–water partition coefficient (Wildman–Crippen LogP) is 1.08. The molecule has 2 rings (SSSR count). The van der Waals surface area contributed by atoms with E-state index in [2.05, 4.69) is 5.32 Å². The van der Waals surface area contributed by atoms with Crippen LogP contribution in [0.5, 0.6) is 0 Å². The average molecular weight is 406 g/mol. The fourth-order valence-electron chi connectivity index (χ4n) is 2.42. The number of benzene rings is 2. The Balaban J connectivity index is 0.00000392. The van der Waals surface area contributed by atoms with E-state index >= 15 is 0 Å². The number of amides is 2. The summed E-state index contributed by atoms with van der Waals surface area (Å²) >= 11 is 0. The lowest BCUT2D eigenvalue weighted by molar-refractivity contribution is -0.146. The summed E-state index contributed by atoms with van der Waals surface area (Å²) in [5, 5.41) is 2.50. The lowest BCUT2D eigenvalue weighted by Crippen LogP contribution is -2.51. The van der Waals surface area contributed by atoms with Gasteiger partial charge in [0.1, 0.15) is 12.6 Å². The third-order valence-corrected chi connectivity index (χ3v) is 3.91. The Hall–Kier alpha value is -2.90. The summed E-state index contributed by atoms with van der Waals surface area (Å²) in [4.78, 5) is 35.7. The van der Waals surface area contributed by atoms with Crippen LogP contribution in [0.3, 0.4) is 0 Å². The largest absolute Gasteiger partial charge is 0.461 e. The number of nitrogens with two attached hydrogens (primary N) is 2. The molecule has 0 saturated carbocycles. The molecule has 0 heterocycles. The third-order valence-electron chi connectivity index (χ3n) is 3.91. The summed E-state index contributed by atoms with van der Waals surface area (Å²) in [6.07, 6.45) is -0.0530. The van der Waals surface area contributed by atoms with E-state index in [1.165, 1.54) is 0 Å². The van der Waals surface area contributed by atoms with Crippen molar-refractivity contribution < 1.29 is 19.1 Å². The zero-order valence-corrected chi connectivity index (χ0v) is 16.1. The van der Waals surface area contributed by atoms with Crippen molar-refractivity contribution >= 4 is 30.2 Å². The second-order valence-corrected chi connectivity index (χ2v) is 6.11. The Labute approximate surface area is 169 Å². The molecule has 0 aromatic heterocycles. The highest BCUT2D eigenvalue weighted by Gasteiger charge is 2.24. The van der Waals surface area contributed by atoms with Crippen molar-refractivity contribution in [2.75, 3.05) is 0 Å². The van der Waals surface area contributed by atoms with Crippen molar-refractivity contribution in [3.8, 4) is 0 Å². The number of ether oxygens (including phenoxy) is 1. The fraction of sp³-hybridized carbons (Fsp3) is 0.250. The minimum Gasteiger partial charge on any atom is -0.461 e. The number of nitrogens with one attached hydrogen (secondary N) is 1. The van der Waals surface area contributed by atoms with E-state index in [1.807, 2.05) is 60.7 Å². The van der Waals surface area contributed by atoms with Crippen LogP contribution < -0.4 is 16.8 Å². The van der Waals surface area contributed by atoms with Crippen LogP contribution in [0.1, 0.15) is 17.5 Å². The number of hydrogen-bond acceptors (Lipinski definition) is 5. The first-order valence-corrected chi connectivity index (χ1v) is 8.54. The molecule has 7 nitrogen and oxygen atoms in total. The molecule has 0 aliphatic carbocycles. The summed E-state index contributed by atoms with van der Waals surface area (Å²) in [7, 11) is 0. The molecule has 2 aromatic carbocycles. The monoisotopic (exact) mass is 405 g/mol. The van der Waals surface area contributed by atoms with E-state index < -0.39 is 29.9 Å². The van der Waals surface area contributed by atoms with Crippen molar-refractivity contribution in [2.45, 2.75) is 31.5 Å². The van der Waals surface area contributed by atoms with Gasteiger partial charge in [0.2, 0.25) is 11.8 Å². The van der Waals surface area contributed by atoms with Crippen LogP contribution in [0.2, 0.25) is 0 Å². The van der Waals surface area contributed by atoms with Crippen LogP contribution in [0.4, 0.5) is 0 Å². The van der Waals surface area contributed by atoms with Gasteiger partial charge in [-0.3, -0.25) is 14.4 Å². The zero-order chi connectivity index (χ0) is 19.6. The van der Waals surface area contributed by atoms with E-state index in [-0.39, 0.29) is 31.9 Å². The van der Waals surface area contributed by atoms with Gasteiger partial charge in [-0.05, 0) is 11.1 Å². The Morgan fingerprint density at radius 2 is 1.46 bits per heavy atom. The molecule has 0 aliphatic rings. The first-order chi connectivity index (χ1) is 13.0. The minimum absolute atomic E-state index is 0. The van der Waals surface area contributed by atoms with Crippen LogP contribution in [-0.4, -0.2) is 29.9 Å². The number of rotatable bonds is 9. The lowest BCUT2D eigenvalue weighted by Gasteiger charge is -2.18. The Morgan fingerprint density at radius 1 is 0.929 bits per heavy atom. The molecular weight excluding hydrogens is 382 g/mol. The van der Waals surface area contributed by atoms with E-state index in [9.17, 15) is 14.4 Å². The van der Waals surface area contributed by atoms with Crippen LogP contribution in [0.15, 0.2) is 60.7 Å². The molecule has 5 N–H and O–H groups in total. The fourth-order valence-corrected chi connectivity index (χ4v) is 2.42. The molecule has 0 spiro atoms. The molecule has 0 bridgehead atoms. The van der Waals surface area contributed by atoms with Crippen molar-refractivity contribution in [2.24, 2.45) is 11.5 Å². The highest BCUT2D eigenvalue weighted by molar-refractivity contribution is 5.91. The predicted molar refractivity (Wildman–Crippen MR) is 107 cm³/mol. The second kappa shape index (κ2) is 11.7. The molecule has 0 radical (unpaired) electrons. The molecule has 2 atom stereocenters. The SMILES string of the molecule is Cl.NC(=O)[C@H](Cc1ccccc1)NC(=O)[C@@H](N)CC(=O)OCc1ccccc1. The maximum atomic E-state index is 12.2. The molecule has 0 saturated heterocycles. The van der Waals surface area contributed by atoms with Gasteiger partial charge in [-0.15, -0.1) is 12.4 Å². The summed E-state index contributed by atoms with van der Waals surface area (Å²) in [5.41, 5.74) is 12.8. The number of halogens is 1. The standard InChI is InChI=1S/C20H23N3O4.ClH/c21-16(12-18(24)27-13-15-9-5-2-6-10-15)20(26)23-17(19(22)25)11-14-7-3-1-4-8-14;/h1-10,16-17H,11-13,21H2,(H2,22,25)(H,23,26);1H/t16-,17-;/m0./s1. The van der Waals surface area contributed by atoms with Crippen molar-refractivity contribution in [3.63, 3.8) is 0 Å². The number of carbonyl (C=O) groups excluding carboxylic acids is 3. The number of primary amides is 1. The summed E-state index contributed by atoms with van der Waals surface area (Å²) in [5.74, 6) is -1.90. The normalized spacial score (nSPS) is 12.2. The first-order valence-electron chi connectivity index (χ1n) is 8.54. The van der Waals surface area contributed by atoms with Crippen LogP contribution in [-0.2, 0) is 32.1 Å². The van der Waals surface area contributed by atoms with Crippen molar-refractivity contribution in [1.82, 2.24) is 5.32 Å². The maximum Gasteiger partial charge on any atom is 0.308 e. The highest BCUT2D eigenvalue weighted by Crippen LogP contribution is 2.05. The summed E-state index contributed by atoms with van der Waals surface area (Å²) < 4.78 is 5.11. The van der Waals surface area contributed by atoms with E-state index in [0.717, 1.165) is 11.1 Å². The van der Waals surface area contributed by atoms with Gasteiger partial charge in [0, 0.05) is 6.42 Å². The van der Waals surface area contributed by atoms with Gasteiger partial charge in [-0.25, -0.2) is 0 Å². The zero-order valence-electron chi connectivity index (χ0n) is 15.2. The molecule has 2 amide bonds. The highest BCUT2D eigenvalue weighted by atomic mass is 35.5. The van der Waals surface area contributed by atoms with Gasteiger partial charge in [-0.1, -0.05) is 60.7 Å². The molecule has 2 aromatic rings. The molecule has 150 valence electrons. The van der Waals surface area contributed by atoms with Crippen molar-refractivity contribution in [1.29, 1.82) is 0 Å². The van der Waals surface area contributed by atoms with Gasteiger partial charge >= 0.3 is 5.97 Å². The van der Waals surface area contributed by atoms with E-state index in [0.29, 0.717) is 0 Å². The molecule has 0 aliphatic heterocycles. The summed E-state index contributed by atoms with van der Waals surface area (Å²) in [6, 6.07) is 16.3. The van der Waals surface area contributed by atoms with Crippen LogP contribution in [0, 0.1) is 0 Å². The van der Waals surface area contributed by atoms with Gasteiger partial charge < -0.3 is 21.5 Å². The molecule has 28 heavy (non-hydrogen) atoms. The third kappa shape index (κ3) is 7.77. The van der Waals surface area contributed by atoms with Gasteiger partial charge in [-0.2, -0.15) is 0 Å². The number of carbonyl (C=O) groups is 3. The van der Waals surface area contributed by atoms with E-state index in [1.54, 1.807) is 0 Å². The van der Waals surface area contributed by atoms with Gasteiger partial charge in [0.05, 0.1) is 12.5 Å². The lowest BCUT2D eigenvalue weighted by atomic mass is 10.0. The van der Waals surface area contributed by atoms with Crippen molar-refractivity contribution in [3.05, 3.63) is 71.8 Å². The topological polar surface area (TPSA) is 125 Å². The van der Waals surface area contributed by atoms with Crippen LogP contribution in [0.25, 0.3) is 0 Å². The second-order valence-electron chi connectivity index (χ2n) is 6.11. The molecule has 8 heteroatoms. The van der Waals surface area contributed by atoms with E-state index in [4.69, 9.17) is 16.2 Å². The Bertz CT molecular complexity index is 772.